The number of likely N-dealkylation sites (N-methyl/N-ethyl adjacent to an activating group) is 1. The molecule has 0 radical (unpaired) electrons. The van der Waals surface area contributed by atoms with E-state index in [1.807, 2.05) is 48.3 Å². The maximum atomic E-state index is 13.3. The van der Waals surface area contributed by atoms with Gasteiger partial charge in [0.25, 0.3) is 5.91 Å². The first-order chi connectivity index (χ1) is 12.1. The molecule has 0 unspecified atom stereocenters. The van der Waals surface area contributed by atoms with E-state index in [-0.39, 0.29) is 11.9 Å². The monoisotopic (exact) mass is 340 g/mol. The number of amides is 1. The van der Waals surface area contributed by atoms with Crippen LogP contribution in [-0.2, 0) is 11.8 Å². The molecule has 132 valence electrons. The minimum absolute atomic E-state index is 0.0491. The second-order valence-electron chi connectivity index (χ2n) is 7.14. The highest BCUT2D eigenvalue weighted by Gasteiger charge is 2.36. The molecule has 0 spiro atoms. The van der Waals surface area contributed by atoms with E-state index in [0.29, 0.717) is 18.2 Å². The van der Waals surface area contributed by atoms with Crippen molar-refractivity contribution in [3.05, 3.63) is 42.1 Å². The third-order valence-corrected chi connectivity index (χ3v) is 5.08. The van der Waals surface area contributed by atoms with Crippen LogP contribution in [0.15, 0.2) is 36.4 Å². The molecule has 2 bridgehead atoms. The SMILES string of the molecule is CN1C[C@@H]2COC[C@H](C1)N(C(=O)c1cc(-c3ccccc3)nn1C)C2. The number of aromatic nitrogens is 2. The number of nitrogens with zero attached hydrogens (tertiary/aromatic N) is 4. The number of aryl methyl sites for hydroxylation is 1. The van der Waals surface area contributed by atoms with Gasteiger partial charge in [0, 0.05) is 38.2 Å². The zero-order chi connectivity index (χ0) is 17.4. The highest BCUT2D eigenvalue weighted by Crippen LogP contribution is 2.23. The van der Waals surface area contributed by atoms with E-state index < -0.39 is 0 Å². The van der Waals surface area contributed by atoms with Crippen LogP contribution in [0.4, 0.5) is 0 Å². The van der Waals surface area contributed by atoms with E-state index in [1.165, 1.54) is 0 Å². The van der Waals surface area contributed by atoms with Gasteiger partial charge in [-0.3, -0.25) is 9.48 Å². The van der Waals surface area contributed by atoms with Crippen LogP contribution in [0.25, 0.3) is 11.3 Å². The van der Waals surface area contributed by atoms with Gasteiger partial charge in [-0.2, -0.15) is 5.10 Å². The summed E-state index contributed by atoms with van der Waals surface area (Å²) >= 11 is 0. The summed E-state index contributed by atoms with van der Waals surface area (Å²) in [6.07, 6.45) is 0. The van der Waals surface area contributed by atoms with Gasteiger partial charge in [0.05, 0.1) is 24.9 Å². The fourth-order valence-electron chi connectivity index (χ4n) is 3.89. The summed E-state index contributed by atoms with van der Waals surface area (Å²) in [5.41, 5.74) is 2.49. The van der Waals surface area contributed by atoms with Gasteiger partial charge in [-0.25, -0.2) is 0 Å². The Morgan fingerprint density at radius 2 is 1.92 bits per heavy atom. The summed E-state index contributed by atoms with van der Waals surface area (Å²) in [5.74, 6) is 0.413. The molecule has 0 N–H and O–H groups in total. The first kappa shape index (κ1) is 16.3. The smallest absolute Gasteiger partial charge is 0.272 e. The third kappa shape index (κ3) is 3.19. The van der Waals surface area contributed by atoms with E-state index in [1.54, 1.807) is 4.68 Å². The molecule has 2 saturated heterocycles. The molecule has 2 fully saturated rings. The van der Waals surface area contributed by atoms with Crippen LogP contribution in [0.1, 0.15) is 10.5 Å². The summed E-state index contributed by atoms with van der Waals surface area (Å²) in [6, 6.07) is 12.0. The Hall–Kier alpha value is -2.18. The largest absolute Gasteiger partial charge is 0.379 e. The van der Waals surface area contributed by atoms with Crippen molar-refractivity contribution >= 4 is 5.91 Å². The van der Waals surface area contributed by atoms with E-state index in [2.05, 4.69) is 17.0 Å². The number of carbonyl (C=O) groups is 1. The van der Waals surface area contributed by atoms with Crippen LogP contribution in [0.2, 0.25) is 0 Å². The molecule has 2 atom stereocenters. The lowest BCUT2D eigenvalue weighted by atomic mass is 10.1. The van der Waals surface area contributed by atoms with Crippen LogP contribution in [0.3, 0.4) is 0 Å². The standard InChI is InChI=1S/C19H24N4O2/c1-21-9-14-10-23(16(11-21)13-25-12-14)19(24)18-8-17(20-22(18)2)15-6-4-3-5-7-15/h3-8,14,16H,9-13H2,1-2H3/t14-,16-/m0/s1. The van der Waals surface area contributed by atoms with Crippen LogP contribution >= 0.6 is 0 Å². The topological polar surface area (TPSA) is 50.6 Å². The van der Waals surface area contributed by atoms with Crippen molar-refractivity contribution in [1.82, 2.24) is 19.6 Å². The predicted molar refractivity (Wildman–Crippen MR) is 95.3 cm³/mol. The number of hydrogen-bond acceptors (Lipinski definition) is 4. The molecule has 1 aromatic heterocycles. The average Bonchev–Trinajstić information content (AvgIpc) is 2.77. The van der Waals surface area contributed by atoms with Crippen LogP contribution in [0, 0.1) is 5.92 Å². The minimum atomic E-state index is 0.0491. The van der Waals surface area contributed by atoms with Crippen molar-refractivity contribution in [3.8, 4) is 11.3 Å². The zero-order valence-corrected chi connectivity index (χ0v) is 14.8. The highest BCUT2D eigenvalue weighted by molar-refractivity contribution is 5.94. The normalized spacial score (nSPS) is 24.2. The number of hydrogen-bond donors (Lipinski definition) is 0. The maximum absolute atomic E-state index is 13.3. The third-order valence-electron chi connectivity index (χ3n) is 5.08. The van der Waals surface area contributed by atoms with Crippen molar-refractivity contribution in [2.24, 2.45) is 13.0 Å². The number of benzene rings is 1. The molecular formula is C19H24N4O2. The average molecular weight is 340 g/mol. The second-order valence-corrected chi connectivity index (χ2v) is 7.14. The van der Waals surface area contributed by atoms with E-state index in [0.717, 1.165) is 37.5 Å². The number of fused-ring (bicyclic) bond motifs is 3. The summed E-state index contributed by atoms with van der Waals surface area (Å²) in [4.78, 5) is 17.6. The molecular weight excluding hydrogens is 316 g/mol. The molecule has 2 aliphatic heterocycles. The van der Waals surface area contributed by atoms with Gasteiger partial charge >= 0.3 is 0 Å². The first-order valence-electron chi connectivity index (χ1n) is 8.78. The van der Waals surface area contributed by atoms with Crippen LogP contribution < -0.4 is 0 Å². The predicted octanol–water partition coefficient (Wildman–Crippen LogP) is 1.49. The summed E-state index contributed by atoms with van der Waals surface area (Å²) in [7, 11) is 3.96. The lowest BCUT2D eigenvalue weighted by Gasteiger charge is -2.29. The first-order valence-corrected chi connectivity index (χ1v) is 8.78. The summed E-state index contributed by atoms with van der Waals surface area (Å²) in [5, 5.41) is 4.55. The second kappa shape index (κ2) is 6.61. The van der Waals surface area contributed by atoms with E-state index in [4.69, 9.17) is 4.74 Å². The van der Waals surface area contributed by atoms with E-state index in [9.17, 15) is 4.79 Å². The van der Waals surface area contributed by atoms with Gasteiger partial charge < -0.3 is 14.5 Å². The molecule has 0 saturated carbocycles. The Bertz CT molecular complexity index is 758. The van der Waals surface area contributed by atoms with Gasteiger partial charge in [-0.1, -0.05) is 30.3 Å². The molecule has 4 rings (SSSR count). The zero-order valence-electron chi connectivity index (χ0n) is 14.8. The van der Waals surface area contributed by atoms with Crippen molar-refractivity contribution in [2.45, 2.75) is 6.04 Å². The van der Waals surface area contributed by atoms with Crippen molar-refractivity contribution in [2.75, 3.05) is 39.9 Å². The molecule has 3 heterocycles. The molecule has 25 heavy (non-hydrogen) atoms. The fraction of sp³-hybridized carbons (Fsp3) is 0.474. The van der Waals surface area contributed by atoms with Crippen molar-refractivity contribution in [3.63, 3.8) is 0 Å². The molecule has 0 aliphatic carbocycles. The highest BCUT2D eigenvalue weighted by atomic mass is 16.5. The van der Waals surface area contributed by atoms with Gasteiger partial charge in [-0.05, 0) is 13.1 Å². The molecule has 1 aromatic carbocycles. The summed E-state index contributed by atoms with van der Waals surface area (Å²) in [6.45, 7) is 3.91. The molecule has 1 amide bonds. The molecule has 6 nitrogen and oxygen atoms in total. The quantitative estimate of drug-likeness (QED) is 0.831. The van der Waals surface area contributed by atoms with Crippen molar-refractivity contribution < 1.29 is 9.53 Å². The van der Waals surface area contributed by atoms with Crippen molar-refractivity contribution in [1.29, 1.82) is 0 Å². The lowest BCUT2D eigenvalue weighted by Crippen LogP contribution is -2.46. The maximum Gasteiger partial charge on any atom is 0.272 e. The Labute approximate surface area is 148 Å². The number of carbonyl (C=O) groups excluding carboxylic acids is 1. The minimum Gasteiger partial charge on any atom is -0.379 e. The Morgan fingerprint density at radius 1 is 1.12 bits per heavy atom. The van der Waals surface area contributed by atoms with E-state index >= 15 is 0 Å². The van der Waals surface area contributed by atoms with Gasteiger partial charge in [0.15, 0.2) is 0 Å². The summed E-state index contributed by atoms with van der Waals surface area (Å²) < 4.78 is 7.49. The van der Waals surface area contributed by atoms with Crippen LogP contribution in [0.5, 0.6) is 0 Å². The Morgan fingerprint density at radius 3 is 2.72 bits per heavy atom. The van der Waals surface area contributed by atoms with Gasteiger partial charge in [-0.15, -0.1) is 0 Å². The number of rotatable bonds is 2. The molecule has 2 aliphatic rings. The van der Waals surface area contributed by atoms with Gasteiger partial charge in [0.2, 0.25) is 0 Å². The number of ether oxygens (including phenoxy) is 1. The Balaban J connectivity index is 1.63. The fourth-order valence-corrected chi connectivity index (χ4v) is 3.89. The molecule has 6 heteroatoms. The van der Waals surface area contributed by atoms with Crippen LogP contribution in [-0.4, -0.2) is 71.4 Å². The molecule has 2 aromatic rings. The van der Waals surface area contributed by atoms with Gasteiger partial charge in [0.1, 0.15) is 5.69 Å². The lowest BCUT2D eigenvalue weighted by molar-refractivity contribution is 0.0477. The Kier molecular flexibility index (Phi) is 4.31.